The minimum Gasteiger partial charge on any atom is -0.376 e. The molecule has 1 aliphatic heterocycles. The first-order valence-corrected chi connectivity index (χ1v) is 9.87. The van der Waals surface area contributed by atoms with Gasteiger partial charge in [-0.15, -0.1) is 0 Å². The third-order valence-corrected chi connectivity index (χ3v) is 5.83. The fraction of sp³-hybridized carbons (Fsp3) is 0.389. The molecule has 2 aromatic heterocycles. The van der Waals surface area contributed by atoms with Crippen LogP contribution >= 0.6 is 22.9 Å². The number of benzene rings is 1. The Labute approximate surface area is 160 Å². The zero-order chi connectivity index (χ0) is 18.1. The van der Waals surface area contributed by atoms with Gasteiger partial charge in [0.25, 0.3) is 5.91 Å². The van der Waals surface area contributed by atoms with Crippen molar-refractivity contribution in [2.24, 2.45) is 0 Å². The Bertz CT molecular complexity index is 932. The van der Waals surface area contributed by atoms with Crippen LogP contribution in [0.4, 0.5) is 5.13 Å². The highest BCUT2D eigenvalue weighted by molar-refractivity contribution is 7.22. The molecule has 136 valence electrons. The highest BCUT2D eigenvalue weighted by Crippen LogP contribution is 2.34. The largest absolute Gasteiger partial charge is 0.376 e. The summed E-state index contributed by atoms with van der Waals surface area (Å²) in [4.78, 5) is 19.6. The van der Waals surface area contributed by atoms with Crippen molar-refractivity contribution in [2.75, 3.05) is 18.1 Å². The molecular formula is C18H19ClN4O2S. The SMILES string of the molecule is CCn1nccc1C(=O)N(C[C@H]1CCCO1)c1nc2c(Cl)cccc2s1. The molecule has 0 N–H and O–H groups in total. The number of hydrogen-bond acceptors (Lipinski definition) is 5. The van der Waals surface area contributed by atoms with Gasteiger partial charge < -0.3 is 4.74 Å². The first kappa shape index (κ1) is 17.5. The summed E-state index contributed by atoms with van der Waals surface area (Å²) in [7, 11) is 0. The number of carbonyl (C=O) groups is 1. The third-order valence-electron chi connectivity index (χ3n) is 4.48. The van der Waals surface area contributed by atoms with Crippen molar-refractivity contribution in [3.63, 3.8) is 0 Å². The summed E-state index contributed by atoms with van der Waals surface area (Å²) in [6.45, 7) is 3.82. The average molecular weight is 391 g/mol. The number of anilines is 1. The molecule has 1 aromatic carbocycles. The van der Waals surface area contributed by atoms with Gasteiger partial charge in [-0.3, -0.25) is 14.4 Å². The van der Waals surface area contributed by atoms with Crippen LogP contribution in [-0.2, 0) is 11.3 Å². The van der Waals surface area contributed by atoms with Crippen LogP contribution < -0.4 is 4.90 Å². The second-order valence-corrected chi connectivity index (χ2v) is 7.58. The van der Waals surface area contributed by atoms with Crippen LogP contribution in [0.5, 0.6) is 0 Å². The van der Waals surface area contributed by atoms with Gasteiger partial charge in [0.15, 0.2) is 5.13 Å². The number of thiazole rings is 1. The van der Waals surface area contributed by atoms with Crippen molar-refractivity contribution in [1.29, 1.82) is 0 Å². The van der Waals surface area contributed by atoms with Gasteiger partial charge in [-0.05, 0) is 38.0 Å². The van der Waals surface area contributed by atoms with E-state index in [9.17, 15) is 4.79 Å². The smallest absolute Gasteiger partial charge is 0.278 e. The molecule has 1 amide bonds. The number of carbonyl (C=O) groups excluding carboxylic acids is 1. The number of amides is 1. The lowest BCUT2D eigenvalue weighted by Crippen LogP contribution is -2.38. The van der Waals surface area contributed by atoms with E-state index in [1.807, 2.05) is 25.1 Å². The molecule has 0 spiro atoms. The van der Waals surface area contributed by atoms with Gasteiger partial charge in [0.05, 0.1) is 22.4 Å². The maximum Gasteiger partial charge on any atom is 0.278 e. The molecule has 0 saturated carbocycles. The molecule has 3 aromatic rings. The van der Waals surface area contributed by atoms with E-state index in [0.717, 1.165) is 29.7 Å². The van der Waals surface area contributed by atoms with Gasteiger partial charge in [-0.1, -0.05) is 29.0 Å². The number of aromatic nitrogens is 3. The normalized spacial score (nSPS) is 17.1. The second kappa shape index (κ2) is 7.34. The lowest BCUT2D eigenvalue weighted by molar-refractivity contribution is 0.0908. The van der Waals surface area contributed by atoms with Crippen molar-refractivity contribution in [2.45, 2.75) is 32.4 Å². The zero-order valence-corrected chi connectivity index (χ0v) is 16.0. The molecule has 1 aliphatic rings. The summed E-state index contributed by atoms with van der Waals surface area (Å²) < 4.78 is 8.42. The van der Waals surface area contributed by atoms with Crippen molar-refractivity contribution in [3.8, 4) is 0 Å². The van der Waals surface area contributed by atoms with E-state index in [1.54, 1.807) is 21.8 Å². The van der Waals surface area contributed by atoms with Crippen LogP contribution in [0.3, 0.4) is 0 Å². The van der Waals surface area contributed by atoms with Crippen molar-refractivity contribution >= 4 is 44.2 Å². The van der Waals surface area contributed by atoms with Crippen LogP contribution in [0.1, 0.15) is 30.3 Å². The summed E-state index contributed by atoms with van der Waals surface area (Å²) in [6, 6.07) is 7.42. The lowest BCUT2D eigenvalue weighted by Gasteiger charge is -2.23. The molecule has 1 fully saturated rings. The molecular weight excluding hydrogens is 372 g/mol. The number of aryl methyl sites for hydroxylation is 1. The summed E-state index contributed by atoms with van der Waals surface area (Å²) in [5, 5.41) is 5.45. The molecule has 6 nitrogen and oxygen atoms in total. The Hall–Kier alpha value is -1.96. The predicted molar refractivity (Wildman–Crippen MR) is 103 cm³/mol. The van der Waals surface area contributed by atoms with Crippen LogP contribution in [0, 0.1) is 0 Å². The van der Waals surface area contributed by atoms with Gasteiger partial charge in [-0.25, -0.2) is 4.98 Å². The van der Waals surface area contributed by atoms with E-state index >= 15 is 0 Å². The molecule has 0 unspecified atom stereocenters. The third kappa shape index (κ3) is 3.22. The molecule has 0 bridgehead atoms. The maximum absolute atomic E-state index is 13.3. The summed E-state index contributed by atoms with van der Waals surface area (Å²) in [5.41, 5.74) is 1.28. The van der Waals surface area contributed by atoms with Crippen molar-refractivity contribution in [1.82, 2.24) is 14.8 Å². The van der Waals surface area contributed by atoms with E-state index in [1.165, 1.54) is 11.3 Å². The Kier molecular flexibility index (Phi) is 4.93. The van der Waals surface area contributed by atoms with Gasteiger partial charge in [0, 0.05) is 19.3 Å². The standard InChI is InChI=1S/C18H19ClN4O2S/c1-2-23-14(8-9-20-23)17(24)22(11-12-5-4-10-25-12)18-21-16-13(19)6-3-7-15(16)26-18/h3,6-9,12H,2,4-5,10-11H2,1H3/t12-/m1/s1. The van der Waals surface area contributed by atoms with Gasteiger partial charge in [-0.2, -0.15) is 5.10 Å². The van der Waals surface area contributed by atoms with Crippen LogP contribution in [0.25, 0.3) is 10.2 Å². The van der Waals surface area contributed by atoms with E-state index in [0.29, 0.717) is 28.9 Å². The molecule has 8 heteroatoms. The van der Waals surface area contributed by atoms with E-state index in [2.05, 4.69) is 10.1 Å². The molecule has 1 saturated heterocycles. The fourth-order valence-corrected chi connectivity index (χ4v) is 4.44. The Balaban J connectivity index is 1.74. The average Bonchev–Trinajstić information content (AvgIpc) is 3.38. The number of ether oxygens (including phenoxy) is 1. The molecule has 26 heavy (non-hydrogen) atoms. The van der Waals surface area contributed by atoms with E-state index in [-0.39, 0.29) is 12.0 Å². The monoisotopic (exact) mass is 390 g/mol. The number of hydrogen-bond donors (Lipinski definition) is 0. The number of nitrogens with zero attached hydrogens (tertiary/aromatic N) is 4. The van der Waals surface area contributed by atoms with Gasteiger partial charge >= 0.3 is 0 Å². The first-order chi connectivity index (χ1) is 12.7. The Morgan fingerprint density at radius 1 is 1.46 bits per heavy atom. The summed E-state index contributed by atoms with van der Waals surface area (Å²) >= 11 is 7.74. The minimum absolute atomic E-state index is 0.0273. The number of halogens is 1. The molecule has 0 radical (unpaired) electrons. The molecule has 3 heterocycles. The lowest BCUT2D eigenvalue weighted by atomic mass is 10.2. The molecule has 0 aliphatic carbocycles. The van der Waals surface area contributed by atoms with Crippen LogP contribution in [0.2, 0.25) is 5.02 Å². The van der Waals surface area contributed by atoms with Gasteiger partial charge in [0.2, 0.25) is 0 Å². The predicted octanol–water partition coefficient (Wildman–Crippen LogP) is 3.99. The highest BCUT2D eigenvalue weighted by atomic mass is 35.5. The first-order valence-electron chi connectivity index (χ1n) is 8.67. The quantitative estimate of drug-likeness (QED) is 0.660. The van der Waals surface area contributed by atoms with E-state index in [4.69, 9.17) is 16.3 Å². The Morgan fingerprint density at radius 2 is 2.35 bits per heavy atom. The van der Waals surface area contributed by atoms with Crippen LogP contribution in [-0.4, -0.2) is 39.9 Å². The Morgan fingerprint density at radius 3 is 3.08 bits per heavy atom. The topological polar surface area (TPSA) is 60.2 Å². The molecule has 1 atom stereocenters. The highest BCUT2D eigenvalue weighted by Gasteiger charge is 2.28. The number of para-hydroxylation sites is 1. The van der Waals surface area contributed by atoms with E-state index < -0.39 is 0 Å². The number of rotatable bonds is 5. The summed E-state index contributed by atoms with van der Waals surface area (Å²) in [6.07, 6.45) is 3.64. The second-order valence-electron chi connectivity index (χ2n) is 6.17. The van der Waals surface area contributed by atoms with Gasteiger partial charge in [0.1, 0.15) is 11.2 Å². The maximum atomic E-state index is 13.3. The fourth-order valence-electron chi connectivity index (χ4n) is 3.16. The zero-order valence-electron chi connectivity index (χ0n) is 14.4. The minimum atomic E-state index is -0.116. The van der Waals surface area contributed by atoms with Crippen LogP contribution in [0.15, 0.2) is 30.5 Å². The molecule has 4 rings (SSSR count). The van der Waals surface area contributed by atoms with Crippen molar-refractivity contribution < 1.29 is 9.53 Å². The van der Waals surface area contributed by atoms with Crippen molar-refractivity contribution in [3.05, 3.63) is 41.2 Å². The number of fused-ring (bicyclic) bond motifs is 1. The summed E-state index contributed by atoms with van der Waals surface area (Å²) in [5.74, 6) is -0.116.